The normalized spacial score (nSPS) is 10.9. The fourth-order valence-electron chi connectivity index (χ4n) is 3.06. The number of fused-ring (bicyclic) bond motifs is 1. The summed E-state index contributed by atoms with van der Waals surface area (Å²) in [6, 6.07) is 20.7. The van der Waals surface area contributed by atoms with Crippen LogP contribution in [-0.2, 0) is 17.8 Å². The van der Waals surface area contributed by atoms with Crippen LogP contribution in [0.25, 0.3) is 10.8 Å². The third-order valence-corrected chi connectivity index (χ3v) is 4.48. The van der Waals surface area contributed by atoms with E-state index in [-0.39, 0.29) is 0 Å². The van der Waals surface area contributed by atoms with Crippen LogP contribution in [0.5, 0.6) is 11.5 Å². The van der Waals surface area contributed by atoms with E-state index in [0.29, 0.717) is 19.8 Å². The van der Waals surface area contributed by atoms with E-state index in [1.54, 1.807) is 7.11 Å². The molecule has 0 saturated carbocycles. The molecule has 4 nitrogen and oxygen atoms in total. The number of ether oxygens (including phenoxy) is 3. The molecule has 0 radical (unpaired) electrons. The van der Waals surface area contributed by atoms with Gasteiger partial charge in [-0.3, -0.25) is 0 Å². The molecule has 0 aliphatic rings. The molecule has 27 heavy (non-hydrogen) atoms. The first-order valence-electron chi connectivity index (χ1n) is 9.36. The fraction of sp³-hybridized carbons (Fsp3) is 0.304. The van der Waals surface area contributed by atoms with Gasteiger partial charge in [0, 0.05) is 25.3 Å². The summed E-state index contributed by atoms with van der Waals surface area (Å²) in [5.41, 5.74) is 2.40. The molecule has 3 aromatic rings. The van der Waals surface area contributed by atoms with Crippen molar-refractivity contribution in [1.82, 2.24) is 5.32 Å². The van der Waals surface area contributed by atoms with E-state index in [1.807, 2.05) is 19.1 Å². The maximum absolute atomic E-state index is 6.00. The van der Waals surface area contributed by atoms with Crippen molar-refractivity contribution >= 4 is 10.8 Å². The highest BCUT2D eigenvalue weighted by Crippen LogP contribution is 2.28. The largest absolute Gasteiger partial charge is 0.497 e. The average Bonchev–Trinajstić information content (AvgIpc) is 2.72. The predicted molar refractivity (Wildman–Crippen MR) is 109 cm³/mol. The molecular weight excluding hydrogens is 338 g/mol. The molecule has 0 unspecified atom stereocenters. The van der Waals surface area contributed by atoms with E-state index in [4.69, 9.17) is 14.2 Å². The Kier molecular flexibility index (Phi) is 7.08. The minimum absolute atomic E-state index is 0.553. The van der Waals surface area contributed by atoms with E-state index >= 15 is 0 Å². The summed E-state index contributed by atoms with van der Waals surface area (Å²) in [5.74, 6) is 1.79. The maximum atomic E-state index is 6.00. The third-order valence-electron chi connectivity index (χ3n) is 4.48. The Bertz CT molecular complexity index is 846. The zero-order chi connectivity index (χ0) is 18.9. The van der Waals surface area contributed by atoms with Crippen molar-refractivity contribution < 1.29 is 14.2 Å². The second-order valence-electron chi connectivity index (χ2n) is 6.26. The molecule has 0 aliphatic heterocycles. The van der Waals surface area contributed by atoms with Crippen LogP contribution in [0, 0.1) is 0 Å². The Morgan fingerprint density at radius 1 is 0.852 bits per heavy atom. The molecule has 0 amide bonds. The molecule has 0 heterocycles. The topological polar surface area (TPSA) is 39.7 Å². The summed E-state index contributed by atoms with van der Waals surface area (Å²) in [4.78, 5) is 0. The van der Waals surface area contributed by atoms with Gasteiger partial charge in [-0.05, 0) is 41.5 Å². The van der Waals surface area contributed by atoms with Crippen LogP contribution in [0.15, 0.2) is 60.7 Å². The summed E-state index contributed by atoms with van der Waals surface area (Å²) < 4.78 is 16.6. The van der Waals surface area contributed by atoms with Gasteiger partial charge in [-0.1, -0.05) is 42.5 Å². The first-order valence-corrected chi connectivity index (χ1v) is 9.36. The number of hydrogen-bond donors (Lipinski definition) is 1. The molecule has 142 valence electrons. The second-order valence-corrected chi connectivity index (χ2v) is 6.26. The monoisotopic (exact) mass is 365 g/mol. The van der Waals surface area contributed by atoms with Crippen molar-refractivity contribution in [3.05, 3.63) is 71.8 Å². The molecule has 3 rings (SSSR count). The van der Waals surface area contributed by atoms with Gasteiger partial charge < -0.3 is 19.5 Å². The van der Waals surface area contributed by atoms with Crippen LogP contribution >= 0.6 is 0 Å². The highest BCUT2D eigenvalue weighted by Gasteiger charge is 2.09. The molecule has 0 fully saturated rings. The standard InChI is InChI=1S/C23H27NO3/c1-3-26-14-15-27-23-13-10-19-6-4-5-7-21(19)22(23)17-24-16-18-8-11-20(25-2)12-9-18/h4-13,24H,3,14-17H2,1-2H3. The van der Waals surface area contributed by atoms with Gasteiger partial charge in [0.15, 0.2) is 0 Å². The molecular formula is C23H27NO3. The van der Waals surface area contributed by atoms with Crippen LogP contribution in [0.4, 0.5) is 0 Å². The lowest BCUT2D eigenvalue weighted by Gasteiger charge is -2.15. The van der Waals surface area contributed by atoms with Gasteiger partial charge in [0.1, 0.15) is 18.1 Å². The van der Waals surface area contributed by atoms with E-state index < -0.39 is 0 Å². The number of methoxy groups -OCH3 is 1. The summed E-state index contributed by atoms with van der Waals surface area (Å²) in [7, 11) is 1.68. The molecule has 0 aromatic heterocycles. The quantitative estimate of drug-likeness (QED) is 0.535. The molecule has 0 atom stereocenters. The third kappa shape index (κ3) is 5.22. The second kappa shape index (κ2) is 9.95. The lowest BCUT2D eigenvalue weighted by atomic mass is 10.0. The van der Waals surface area contributed by atoms with Crippen molar-refractivity contribution in [3.8, 4) is 11.5 Å². The number of hydrogen-bond acceptors (Lipinski definition) is 4. The summed E-state index contributed by atoms with van der Waals surface area (Å²) in [6.07, 6.45) is 0. The van der Waals surface area contributed by atoms with Gasteiger partial charge in [0.25, 0.3) is 0 Å². The molecule has 0 spiro atoms. The Morgan fingerprint density at radius 3 is 2.44 bits per heavy atom. The van der Waals surface area contributed by atoms with Crippen molar-refractivity contribution in [3.63, 3.8) is 0 Å². The zero-order valence-corrected chi connectivity index (χ0v) is 16.0. The zero-order valence-electron chi connectivity index (χ0n) is 16.0. The smallest absolute Gasteiger partial charge is 0.124 e. The maximum Gasteiger partial charge on any atom is 0.124 e. The van der Waals surface area contributed by atoms with Crippen molar-refractivity contribution in [1.29, 1.82) is 0 Å². The minimum Gasteiger partial charge on any atom is -0.497 e. The first kappa shape index (κ1) is 19.2. The summed E-state index contributed by atoms with van der Waals surface area (Å²) in [5, 5.41) is 5.97. The molecule has 0 bridgehead atoms. The van der Waals surface area contributed by atoms with Gasteiger partial charge in [0.2, 0.25) is 0 Å². The highest BCUT2D eigenvalue weighted by atomic mass is 16.5. The number of nitrogens with one attached hydrogen (secondary N) is 1. The van der Waals surface area contributed by atoms with Gasteiger partial charge in [-0.2, -0.15) is 0 Å². The lowest BCUT2D eigenvalue weighted by Crippen LogP contribution is -2.15. The molecule has 3 aromatic carbocycles. The van der Waals surface area contributed by atoms with E-state index in [9.17, 15) is 0 Å². The Balaban J connectivity index is 1.71. The Morgan fingerprint density at radius 2 is 1.67 bits per heavy atom. The van der Waals surface area contributed by atoms with Crippen LogP contribution in [0.3, 0.4) is 0 Å². The Labute approximate surface area is 161 Å². The van der Waals surface area contributed by atoms with Gasteiger partial charge in [-0.15, -0.1) is 0 Å². The van der Waals surface area contributed by atoms with Crippen LogP contribution in [-0.4, -0.2) is 26.9 Å². The molecule has 1 N–H and O–H groups in total. The van der Waals surface area contributed by atoms with Crippen LogP contribution in [0.1, 0.15) is 18.1 Å². The lowest BCUT2D eigenvalue weighted by molar-refractivity contribution is 0.110. The predicted octanol–water partition coefficient (Wildman–Crippen LogP) is 4.55. The number of benzene rings is 3. The van der Waals surface area contributed by atoms with Gasteiger partial charge in [-0.25, -0.2) is 0 Å². The van der Waals surface area contributed by atoms with E-state index in [0.717, 1.165) is 24.6 Å². The number of rotatable bonds is 10. The van der Waals surface area contributed by atoms with Crippen molar-refractivity contribution in [2.45, 2.75) is 20.0 Å². The van der Waals surface area contributed by atoms with E-state index in [2.05, 4.69) is 53.8 Å². The SMILES string of the molecule is CCOCCOc1ccc2ccccc2c1CNCc1ccc(OC)cc1. The molecule has 0 aliphatic carbocycles. The molecule has 0 saturated heterocycles. The van der Waals surface area contributed by atoms with Crippen LogP contribution < -0.4 is 14.8 Å². The Hall–Kier alpha value is -2.56. The highest BCUT2D eigenvalue weighted by molar-refractivity contribution is 5.87. The summed E-state index contributed by atoms with van der Waals surface area (Å²) in [6.45, 7) is 5.37. The minimum atomic E-state index is 0.553. The van der Waals surface area contributed by atoms with Gasteiger partial charge >= 0.3 is 0 Å². The molecule has 4 heteroatoms. The average molecular weight is 365 g/mol. The first-order chi connectivity index (χ1) is 13.3. The fourth-order valence-corrected chi connectivity index (χ4v) is 3.06. The van der Waals surface area contributed by atoms with Gasteiger partial charge in [0.05, 0.1) is 13.7 Å². The van der Waals surface area contributed by atoms with E-state index in [1.165, 1.54) is 21.9 Å². The summed E-state index contributed by atoms with van der Waals surface area (Å²) >= 11 is 0. The van der Waals surface area contributed by atoms with Crippen molar-refractivity contribution in [2.24, 2.45) is 0 Å². The van der Waals surface area contributed by atoms with Crippen molar-refractivity contribution in [2.75, 3.05) is 26.9 Å². The van der Waals surface area contributed by atoms with Crippen LogP contribution in [0.2, 0.25) is 0 Å².